The van der Waals surface area contributed by atoms with Gasteiger partial charge in [-0.25, -0.2) is 4.79 Å². The van der Waals surface area contributed by atoms with Gasteiger partial charge in [-0.1, -0.05) is 18.2 Å². The largest absolute Gasteiger partial charge is 0.490 e. The first-order valence-corrected chi connectivity index (χ1v) is 12.8. The number of amides is 3. The summed E-state index contributed by atoms with van der Waals surface area (Å²) < 4.78 is 22.3. The highest BCUT2D eigenvalue weighted by molar-refractivity contribution is 6.05. The molecule has 0 fully saturated rings. The van der Waals surface area contributed by atoms with Crippen molar-refractivity contribution in [1.82, 2.24) is 10.6 Å². The van der Waals surface area contributed by atoms with Crippen LogP contribution in [0.15, 0.2) is 36.4 Å². The molecular weight excluding hydrogens is 490 g/mol. The van der Waals surface area contributed by atoms with Crippen molar-refractivity contribution in [2.75, 3.05) is 31.7 Å². The van der Waals surface area contributed by atoms with E-state index >= 15 is 0 Å². The molecule has 3 amide bonds. The normalized spacial score (nSPS) is 10.8. The molecule has 0 heterocycles. The second-order valence-corrected chi connectivity index (χ2v) is 9.17. The maximum absolute atomic E-state index is 13.2. The van der Waals surface area contributed by atoms with E-state index in [-0.39, 0.29) is 31.3 Å². The van der Waals surface area contributed by atoms with Crippen molar-refractivity contribution < 1.29 is 33.3 Å². The van der Waals surface area contributed by atoms with Gasteiger partial charge in [-0.05, 0) is 65.3 Å². The molecule has 0 unspecified atom stereocenters. The molecule has 2 rings (SSSR count). The van der Waals surface area contributed by atoms with Crippen LogP contribution in [0.5, 0.6) is 17.2 Å². The molecule has 0 radical (unpaired) electrons. The lowest BCUT2D eigenvalue weighted by Gasteiger charge is -2.19. The topological polar surface area (TPSA) is 124 Å². The maximum atomic E-state index is 13.2. The second-order valence-electron chi connectivity index (χ2n) is 9.17. The Labute approximate surface area is 224 Å². The fourth-order valence-corrected chi connectivity index (χ4v) is 3.39. The first kappa shape index (κ1) is 30.3. The van der Waals surface area contributed by atoms with E-state index in [0.717, 1.165) is 5.56 Å². The zero-order chi connectivity index (χ0) is 28.1. The molecular formula is C28H39N3O7. The number of benzene rings is 2. The average Bonchev–Trinajstić information content (AvgIpc) is 2.84. The van der Waals surface area contributed by atoms with Crippen molar-refractivity contribution >= 4 is 23.6 Å². The lowest BCUT2D eigenvalue weighted by Crippen LogP contribution is -2.35. The first-order valence-electron chi connectivity index (χ1n) is 12.8. The summed E-state index contributed by atoms with van der Waals surface area (Å²) >= 11 is 0. The van der Waals surface area contributed by atoms with Crippen LogP contribution in [0.2, 0.25) is 0 Å². The van der Waals surface area contributed by atoms with Gasteiger partial charge in [0, 0.05) is 30.8 Å². The molecule has 10 heteroatoms. The molecule has 38 heavy (non-hydrogen) atoms. The Hall–Kier alpha value is -3.95. The summed E-state index contributed by atoms with van der Waals surface area (Å²) in [5, 5.41) is 8.27. The zero-order valence-corrected chi connectivity index (χ0v) is 23.1. The predicted molar refractivity (Wildman–Crippen MR) is 145 cm³/mol. The second kappa shape index (κ2) is 14.7. The van der Waals surface area contributed by atoms with Crippen molar-refractivity contribution in [2.45, 2.75) is 60.1 Å². The maximum Gasteiger partial charge on any atom is 0.407 e. The number of alkyl carbamates (subject to hydrolysis) is 1. The van der Waals surface area contributed by atoms with Gasteiger partial charge in [0.05, 0.1) is 19.8 Å². The number of nitrogens with one attached hydrogen (secondary N) is 3. The van der Waals surface area contributed by atoms with Crippen molar-refractivity contribution in [2.24, 2.45) is 0 Å². The summed E-state index contributed by atoms with van der Waals surface area (Å²) in [4.78, 5) is 37.2. The summed E-state index contributed by atoms with van der Waals surface area (Å²) in [6, 6.07) is 10.4. The van der Waals surface area contributed by atoms with Gasteiger partial charge >= 0.3 is 6.09 Å². The summed E-state index contributed by atoms with van der Waals surface area (Å²) in [5.74, 6) is 0.681. The molecule has 208 valence electrons. The molecule has 3 N–H and O–H groups in total. The van der Waals surface area contributed by atoms with Gasteiger partial charge in [0.2, 0.25) is 11.7 Å². The lowest BCUT2D eigenvalue weighted by atomic mass is 10.1. The Kier molecular flexibility index (Phi) is 11.7. The highest BCUT2D eigenvalue weighted by atomic mass is 16.6. The molecule has 10 nitrogen and oxygen atoms in total. The number of carbonyl (C=O) groups excluding carboxylic acids is 3. The fraction of sp³-hybridized carbons (Fsp3) is 0.464. The SMILES string of the molecule is CCOc1cc(C(=O)Nc2ccccc2CNC(=O)CCNC(=O)OC(C)(C)C)cc(OCC)c1OCC. The van der Waals surface area contributed by atoms with E-state index in [9.17, 15) is 14.4 Å². The molecule has 2 aromatic carbocycles. The van der Waals surface area contributed by atoms with Crippen LogP contribution in [0.1, 0.15) is 63.9 Å². The number of ether oxygens (including phenoxy) is 4. The van der Waals surface area contributed by atoms with E-state index in [2.05, 4.69) is 16.0 Å². The van der Waals surface area contributed by atoms with Crippen molar-refractivity contribution in [1.29, 1.82) is 0 Å². The zero-order valence-electron chi connectivity index (χ0n) is 23.1. The third-order valence-electron chi connectivity index (χ3n) is 4.93. The summed E-state index contributed by atoms with van der Waals surface area (Å²) in [6.07, 6.45) is -0.493. The van der Waals surface area contributed by atoms with Crippen LogP contribution in [0, 0.1) is 0 Å². The van der Waals surface area contributed by atoms with E-state index in [1.54, 1.807) is 45.0 Å². The Bertz CT molecular complexity index is 1070. The monoisotopic (exact) mass is 529 g/mol. The number of rotatable bonds is 13. The number of hydrogen-bond donors (Lipinski definition) is 3. The third kappa shape index (κ3) is 9.84. The number of carbonyl (C=O) groups is 3. The van der Waals surface area contributed by atoms with Crippen LogP contribution >= 0.6 is 0 Å². The quantitative estimate of drug-likeness (QED) is 0.345. The average molecular weight is 530 g/mol. The molecule has 0 saturated heterocycles. The highest BCUT2D eigenvalue weighted by Gasteiger charge is 2.19. The van der Waals surface area contributed by atoms with Gasteiger partial charge in [-0.3, -0.25) is 9.59 Å². The Morgan fingerprint density at radius 1 is 0.842 bits per heavy atom. The van der Waals surface area contributed by atoms with Gasteiger partial charge in [-0.2, -0.15) is 0 Å². The van der Waals surface area contributed by atoms with E-state index in [1.807, 2.05) is 32.9 Å². The number of anilines is 1. The van der Waals surface area contributed by atoms with E-state index < -0.39 is 11.7 Å². The fourth-order valence-electron chi connectivity index (χ4n) is 3.39. The van der Waals surface area contributed by atoms with E-state index in [0.29, 0.717) is 48.3 Å². The van der Waals surface area contributed by atoms with Crippen LogP contribution in [0.4, 0.5) is 10.5 Å². The highest BCUT2D eigenvalue weighted by Crippen LogP contribution is 2.39. The van der Waals surface area contributed by atoms with Crippen LogP contribution in [0.3, 0.4) is 0 Å². The first-order chi connectivity index (χ1) is 18.1. The summed E-state index contributed by atoms with van der Waals surface area (Å²) in [5.41, 5.74) is 0.998. The smallest absolute Gasteiger partial charge is 0.407 e. The molecule has 0 atom stereocenters. The van der Waals surface area contributed by atoms with Gasteiger partial charge in [-0.15, -0.1) is 0 Å². The summed E-state index contributed by atoms with van der Waals surface area (Å²) in [7, 11) is 0. The van der Waals surface area contributed by atoms with Gasteiger partial charge < -0.3 is 34.9 Å². The van der Waals surface area contributed by atoms with E-state index in [4.69, 9.17) is 18.9 Å². The molecule has 0 saturated carbocycles. The Morgan fingerprint density at radius 2 is 1.45 bits per heavy atom. The molecule has 0 bridgehead atoms. The Morgan fingerprint density at radius 3 is 2.03 bits per heavy atom. The number of hydrogen-bond acceptors (Lipinski definition) is 7. The van der Waals surface area contributed by atoms with E-state index in [1.165, 1.54) is 0 Å². The van der Waals surface area contributed by atoms with Gasteiger partial charge in [0.1, 0.15) is 5.60 Å². The minimum absolute atomic E-state index is 0.0837. The van der Waals surface area contributed by atoms with Crippen molar-refractivity contribution in [3.63, 3.8) is 0 Å². The minimum atomic E-state index is -0.610. The standard InChI is InChI=1S/C28H39N3O7/c1-7-35-22-16-20(17-23(36-8-2)25(22)37-9-3)26(33)31-21-13-11-10-12-19(21)18-30-24(32)14-15-29-27(34)38-28(4,5)6/h10-13,16-17H,7-9,14-15,18H2,1-6H3,(H,29,34)(H,30,32)(H,31,33). The molecule has 2 aromatic rings. The number of para-hydroxylation sites is 1. The van der Waals surface area contributed by atoms with Crippen LogP contribution < -0.4 is 30.2 Å². The van der Waals surface area contributed by atoms with Gasteiger partial charge in [0.25, 0.3) is 5.91 Å². The molecule has 0 spiro atoms. The van der Waals surface area contributed by atoms with Crippen molar-refractivity contribution in [3.8, 4) is 17.2 Å². The minimum Gasteiger partial charge on any atom is -0.490 e. The van der Waals surface area contributed by atoms with Crippen molar-refractivity contribution in [3.05, 3.63) is 47.5 Å². The molecule has 0 aliphatic heterocycles. The lowest BCUT2D eigenvalue weighted by molar-refractivity contribution is -0.121. The predicted octanol–water partition coefficient (Wildman–Crippen LogP) is 4.67. The Balaban J connectivity index is 2.06. The summed E-state index contributed by atoms with van der Waals surface area (Å²) in [6.45, 7) is 12.4. The molecule has 0 aliphatic rings. The van der Waals surface area contributed by atoms with Crippen LogP contribution in [0.25, 0.3) is 0 Å². The molecule has 0 aliphatic carbocycles. The molecule has 0 aromatic heterocycles. The van der Waals surface area contributed by atoms with Crippen LogP contribution in [-0.2, 0) is 16.1 Å². The third-order valence-corrected chi connectivity index (χ3v) is 4.93. The van der Waals surface area contributed by atoms with Crippen LogP contribution in [-0.4, -0.2) is 49.9 Å². The van der Waals surface area contributed by atoms with Gasteiger partial charge in [0.15, 0.2) is 11.5 Å².